The van der Waals surface area contributed by atoms with Crippen molar-refractivity contribution in [2.45, 2.75) is 51.7 Å². The molecular weight excluding hydrogens is 222 g/mol. The first-order valence-electron chi connectivity index (χ1n) is 7.19. The fourth-order valence-electron chi connectivity index (χ4n) is 2.74. The maximum atomic E-state index is 4.22. The highest BCUT2D eigenvalue weighted by molar-refractivity contribution is 5.09. The minimum atomic E-state index is 0.648. The standard InChI is InChI=1S/C15H25N3/c1-3-6-15-10-17-14(4-2)12-18(15)11-13-7-5-8-16-9-13/h5,7-9,14-15,17H,3-4,6,10-12H2,1-2H3. The predicted octanol–water partition coefficient (Wildman–Crippen LogP) is 2.43. The van der Waals surface area contributed by atoms with Crippen LogP contribution in [0.2, 0.25) is 0 Å². The minimum Gasteiger partial charge on any atom is -0.311 e. The number of hydrogen-bond donors (Lipinski definition) is 1. The first kappa shape index (κ1) is 13.5. The van der Waals surface area contributed by atoms with Crippen molar-refractivity contribution in [3.63, 3.8) is 0 Å². The molecule has 0 saturated carbocycles. The normalized spacial score (nSPS) is 25.2. The zero-order valence-corrected chi connectivity index (χ0v) is 11.6. The van der Waals surface area contributed by atoms with Crippen LogP contribution < -0.4 is 5.32 Å². The Kier molecular flexibility index (Phi) is 5.14. The second-order valence-electron chi connectivity index (χ2n) is 5.25. The molecule has 1 aromatic rings. The van der Waals surface area contributed by atoms with Crippen LogP contribution in [0.3, 0.4) is 0 Å². The zero-order valence-electron chi connectivity index (χ0n) is 11.6. The third-order valence-electron chi connectivity index (χ3n) is 3.84. The number of pyridine rings is 1. The van der Waals surface area contributed by atoms with Gasteiger partial charge in [-0.1, -0.05) is 26.3 Å². The number of piperazine rings is 1. The lowest BCUT2D eigenvalue weighted by atomic mass is 10.0. The molecule has 2 atom stereocenters. The highest BCUT2D eigenvalue weighted by Crippen LogP contribution is 2.16. The Morgan fingerprint density at radius 3 is 3.00 bits per heavy atom. The molecule has 0 bridgehead atoms. The van der Waals surface area contributed by atoms with Crippen molar-refractivity contribution in [1.82, 2.24) is 15.2 Å². The van der Waals surface area contributed by atoms with Gasteiger partial charge in [0.1, 0.15) is 0 Å². The van der Waals surface area contributed by atoms with E-state index in [1.54, 1.807) is 0 Å². The second kappa shape index (κ2) is 6.86. The van der Waals surface area contributed by atoms with Crippen molar-refractivity contribution < 1.29 is 0 Å². The Labute approximate surface area is 111 Å². The van der Waals surface area contributed by atoms with Gasteiger partial charge in [-0.25, -0.2) is 0 Å². The molecule has 2 unspecified atom stereocenters. The van der Waals surface area contributed by atoms with E-state index in [4.69, 9.17) is 0 Å². The maximum absolute atomic E-state index is 4.22. The van der Waals surface area contributed by atoms with Gasteiger partial charge < -0.3 is 5.32 Å². The molecule has 0 radical (unpaired) electrons. The SMILES string of the molecule is CCCC1CNC(CC)CN1Cc1cccnc1. The Morgan fingerprint density at radius 1 is 1.44 bits per heavy atom. The van der Waals surface area contributed by atoms with Gasteiger partial charge in [-0.15, -0.1) is 0 Å². The minimum absolute atomic E-state index is 0.648. The lowest BCUT2D eigenvalue weighted by Crippen LogP contribution is -2.55. The fourth-order valence-corrected chi connectivity index (χ4v) is 2.74. The van der Waals surface area contributed by atoms with Crippen molar-refractivity contribution in [2.75, 3.05) is 13.1 Å². The lowest BCUT2D eigenvalue weighted by molar-refractivity contribution is 0.113. The van der Waals surface area contributed by atoms with Gasteiger partial charge in [0.05, 0.1) is 0 Å². The Bertz CT molecular complexity index is 339. The molecule has 0 aliphatic carbocycles. The molecule has 0 amide bonds. The summed E-state index contributed by atoms with van der Waals surface area (Å²) in [6.45, 7) is 7.87. The van der Waals surface area contributed by atoms with E-state index in [2.05, 4.69) is 35.1 Å². The first-order valence-corrected chi connectivity index (χ1v) is 7.19. The zero-order chi connectivity index (χ0) is 12.8. The average molecular weight is 247 g/mol. The summed E-state index contributed by atoms with van der Waals surface area (Å²) in [6, 6.07) is 5.54. The maximum Gasteiger partial charge on any atom is 0.0312 e. The molecule has 100 valence electrons. The largest absolute Gasteiger partial charge is 0.311 e. The Morgan fingerprint density at radius 2 is 2.33 bits per heavy atom. The van der Waals surface area contributed by atoms with Gasteiger partial charge in [-0.05, 0) is 24.5 Å². The number of nitrogens with one attached hydrogen (secondary N) is 1. The summed E-state index contributed by atoms with van der Waals surface area (Å²) in [6.07, 6.45) is 7.59. The molecule has 1 aliphatic heterocycles. The van der Waals surface area contributed by atoms with Crippen molar-refractivity contribution in [1.29, 1.82) is 0 Å². The van der Waals surface area contributed by atoms with Crippen LogP contribution in [-0.2, 0) is 6.54 Å². The topological polar surface area (TPSA) is 28.2 Å². The van der Waals surface area contributed by atoms with Gasteiger partial charge >= 0.3 is 0 Å². The van der Waals surface area contributed by atoms with Gasteiger partial charge in [0.25, 0.3) is 0 Å². The van der Waals surface area contributed by atoms with Gasteiger partial charge in [-0.3, -0.25) is 9.88 Å². The lowest BCUT2D eigenvalue weighted by Gasteiger charge is -2.40. The molecule has 1 N–H and O–H groups in total. The Balaban J connectivity index is 2.00. The summed E-state index contributed by atoms with van der Waals surface area (Å²) < 4.78 is 0. The molecule has 18 heavy (non-hydrogen) atoms. The van der Waals surface area contributed by atoms with E-state index in [0.29, 0.717) is 12.1 Å². The molecule has 1 fully saturated rings. The number of aromatic nitrogens is 1. The smallest absolute Gasteiger partial charge is 0.0312 e. The van der Waals surface area contributed by atoms with Gasteiger partial charge in [-0.2, -0.15) is 0 Å². The van der Waals surface area contributed by atoms with Crippen molar-refractivity contribution >= 4 is 0 Å². The molecule has 2 heterocycles. The highest BCUT2D eigenvalue weighted by Gasteiger charge is 2.26. The van der Waals surface area contributed by atoms with Crippen LogP contribution in [-0.4, -0.2) is 35.1 Å². The van der Waals surface area contributed by atoms with Gasteiger partial charge in [0, 0.05) is 44.1 Å². The summed E-state index contributed by atoms with van der Waals surface area (Å²) in [5, 5.41) is 3.66. The van der Waals surface area contributed by atoms with Crippen LogP contribution >= 0.6 is 0 Å². The van der Waals surface area contributed by atoms with Crippen LogP contribution in [0.5, 0.6) is 0 Å². The van der Waals surface area contributed by atoms with Crippen LogP contribution in [0.1, 0.15) is 38.7 Å². The number of nitrogens with zero attached hydrogens (tertiary/aromatic N) is 2. The summed E-state index contributed by atoms with van der Waals surface area (Å²) in [5.41, 5.74) is 1.33. The molecule has 1 aliphatic rings. The van der Waals surface area contributed by atoms with Crippen molar-refractivity contribution in [2.24, 2.45) is 0 Å². The van der Waals surface area contributed by atoms with Crippen LogP contribution in [0, 0.1) is 0 Å². The fraction of sp³-hybridized carbons (Fsp3) is 0.667. The summed E-state index contributed by atoms with van der Waals surface area (Å²) in [7, 11) is 0. The summed E-state index contributed by atoms with van der Waals surface area (Å²) >= 11 is 0. The van der Waals surface area contributed by atoms with Gasteiger partial charge in [0.15, 0.2) is 0 Å². The van der Waals surface area contributed by atoms with E-state index in [0.717, 1.165) is 19.6 Å². The molecule has 2 rings (SSSR count). The molecule has 1 saturated heterocycles. The van der Waals surface area contributed by atoms with E-state index in [1.807, 2.05) is 18.5 Å². The van der Waals surface area contributed by atoms with E-state index < -0.39 is 0 Å². The summed E-state index contributed by atoms with van der Waals surface area (Å²) in [5.74, 6) is 0. The van der Waals surface area contributed by atoms with Crippen LogP contribution in [0.4, 0.5) is 0 Å². The molecule has 1 aromatic heterocycles. The van der Waals surface area contributed by atoms with E-state index in [9.17, 15) is 0 Å². The molecular formula is C15H25N3. The first-order chi connectivity index (χ1) is 8.83. The Hall–Kier alpha value is -0.930. The van der Waals surface area contributed by atoms with E-state index in [-0.39, 0.29) is 0 Å². The monoisotopic (exact) mass is 247 g/mol. The van der Waals surface area contributed by atoms with E-state index >= 15 is 0 Å². The molecule has 3 nitrogen and oxygen atoms in total. The quantitative estimate of drug-likeness (QED) is 0.866. The van der Waals surface area contributed by atoms with Crippen LogP contribution in [0.15, 0.2) is 24.5 Å². The highest BCUT2D eigenvalue weighted by atomic mass is 15.2. The van der Waals surface area contributed by atoms with Crippen molar-refractivity contribution in [3.8, 4) is 0 Å². The second-order valence-corrected chi connectivity index (χ2v) is 5.25. The molecule has 0 spiro atoms. The van der Waals surface area contributed by atoms with E-state index in [1.165, 1.54) is 24.8 Å². The van der Waals surface area contributed by atoms with Crippen molar-refractivity contribution in [3.05, 3.63) is 30.1 Å². The summed E-state index contributed by atoms with van der Waals surface area (Å²) in [4.78, 5) is 6.85. The third kappa shape index (κ3) is 3.53. The average Bonchev–Trinajstić information content (AvgIpc) is 2.42. The third-order valence-corrected chi connectivity index (χ3v) is 3.84. The van der Waals surface area contributed by atoms with Gasteiger partial charge in [0.2, 0.25) is 0 Å². The molecule has 0 aromatic carbocycles. The molecule has 3 heteroatoms. The van der Waals surface area contributed by atoms with Crippen LogP contribution in [0.25, 0.3) is 0 Å². The number of rotatable bonds is 5. The predicted molar refractivity (Wildman–Crippen MR) is 75.4 cm³/mol. The number of hydrogen-bond acceptors (Lipinski definition) is 3.